The van der Waals surface area contributed by atoms with Crippen LogP contribution in [0.1, 0.15) is 37.1 Å². The van der Waals surface area contributed by atoms with Crippen LogP contribution in [0.3, 0.4) is 0 Å². The summed E-state index contributed by atoms with van der Waals surface area (Å²) in [7, 11) is 0. The highest BCUT2D eigenvalue weighted by Gasteiger charge is 2.25. The third kappa shape index (κ3) is 3.35. The Kier molecular flexibility index (Phi) is 4.40. The van der Waals surface area contributed by atoms with Crippen LogP contribution < -0.4 is 0 Å². The molecule has 1 fully saturated rings. The normalized spacial score (nSPS) is 17.3. The second kappa shape index (κ2) is 6.28. The van der Waals surface area contributed by atoms with Crippen molar-refractivity contribution in [1.29, 1.82) is 0 Å². The minimum absolute atomic E-state index is 0.373. The average molecular weight is 351 g/mol. The van der Waals surface area contributed by atoms with E-state index in [2.05, 4.69) is 26.1 Å². The highest BCUT2D eigenvalue weighted by atomic mass is 79.9. The second-order valence-corrected chi connectivity index (χ2v) is 6.67. The van der Waals surface area contributed by atoms with Crippen LogP contribution in [0.25, 0.3) is 11.4 Å². The second-order valence-electron chi connectivity index (χ2n) is 5.81. The Labute approximate surface area is 132 Å². The van der Waals surface area contributed by atoms with E-state index in [0.29, 0.717) is 24.1 Å². The van der Waals surface area contributed by atoms with Crippen molar-refractivity contribution in [3.05, 3.63) is 34.1 Å². The van der Waals surface area contributed by atoms with Crippen LogP contribution in [-0.2, 0) is 6.42 Å². The summed E-state index contributed by atoms with van der Waals surface area (Å²) in [5.41, 5.74) is 2.08. The molecule has 1 unspecified atom stereocenters. The molecule has 0 saturated heterocycles. The summed E-state index contributed by atoms with van der Waals surface area (Å²) < 4.78 is 6.24. The molecule has 21 heavy (non-hydrogen) atoms. The number of aliphatic hydroxyl groups is 1. The van der Waals surface area contributed by atoms with E-state index in [1.807, 2.05) is 25.1 Å². The van der Waals surface area contributed by atoms with Crippen LogP contribution in [-0.4, -0.2) is 21.4 Å². The lowest BCUT2D eigenvalue weighted by molar-refractivity contribution is 0.102. The van der Waals surface area contributed by atoms with Crippen molar-refractivity contribution >= 4 is 15.9 Å². The average Bonchev–Trinajstić information content (AvgIpc) is 3.09. The van der Waals surface area contributed by atoms with Gasteiger partial charge in [-0.3, -0.25) is 0 Å². The summed E-state index contributed by atoms with van der Waals surface area (Å²) in [6, 6.07) is 6.02. The first kappa shape index (κ1) is 14.7. The third-order valence-electron chi connectivity index (χ3n) is 4.16. The highest BCUT2D eigenvalue weighted by Crippen LogP contribution is 2.30. The van der Waals surface area contributed by atoms with Crippen LogP contribution in [0, 0.1) is 12.8 Å². The molecule has 5 heteroatoms. The molecule has 1 aliphatic rings. The van der Waals surface area contributed by atoms with Gasteiger partial charge in [-0.05, 0) is 43.4 Å². The SMILES string of the molecule is Cc1ccc(-c2noc(CC(O)C3CCCC3)n2)c(Br)c1. The Hall–Kier alpha value is -1.20. The zero-order valence-electron chi connectivity index (χ0n) is 12.1. The van der Waals surface area contributed by atoms with Gasteiger partial charge in [0.15, 0.2) is 0 Å². The van der Waals surface area contributed by atoms with Gasteiger partial charge in [-0.1, -0.05) is 40.0 Å². The number of aryl methyl sites for hydroxylation is 1. The third-order valence-corrected chi connectivity index (χ3v) is 4.82. The maximum atomic E-state index is 10.2. The van der Waals surface area contributed by atoms with Crippen molar-refractivity contribution in [2.24, 2.45) is 5.92 Å². The molecule has 0 amide bonds. The number of aliphatic hydroxyl groups excluding tert-OH is 1. The smallest absolute Gasteiger partial charge is 0.229 e. The van der Waals surface area contributed by atoms with Gasteiger partial charge in [-0.15, -0.1) is 0 Å². The monoisotopic (exact) mass is 350 g/mol. The van der Waals surface area contributed by atoms with Gasteiger partial charge in [0.25, 0.3) is 0 Å². The van der Waals surface area contributed by atoms with E-state index in [0.717, 1.165) is 22.9 Å². The van der Waals surface area contributed by atoms with Gasteiger partial charge < -0.3 is 9.63 Å². The molecular formula is C16H19BrN2O2. The van der Waals surface area contributed by atoms with Crippen LogP contribution in [0.5, 0.6) is 0 Å². The Morgan fingerprint density at radius 1 is 1.38 bits per heavy atom. The molecule has 2 aromatic rings. The van der Waals surface area contributed by atoms with Gasteiger partial charge in [0.1, 0.15) is 0 Å². The molecule has 0 aliphatic heterocycles. The molecule has 1 aromatic heterocycles. The zero-order chi connectivity index (χ0) is 14.8. The molecule has 1 atom stereocenters. The van der Waals surface area contributed by atoms with Gasteiger partial charge >= 0.3 is 0 Å². The van der Waals surface area contributed by atoms with E-state index in [9.17, 15) is 5.11 Å². The summed E-state index contributed by atoms with van der Waals surface area (Å²) in [4.78, 5) is 4.41. The van der Waals surface area contributed by atoms with Crippen LogP contribution in [0.2, 0.25) is 0 Å². The van der Waals surface area contributed by atoms with E-state index in [4.69, 9.17) is 4.52 Å². The number of benzene rings is 1. The van der Waals surface area contributed by atoms with Crippen molar-refractivity contribution < 1.29 is 9.63 Å². The molecule has 1 N–H and O–H groups in total. The van der Waals surface area contributed by atoms with Gasteiger partial charge in [0.2, 0.25) is 11.7 Å². The van der Waals surface area contributed by atoms with E-state index in [-0.39, 0.29) is 6.10 Å². The van der Waals surface area contributed by atoms with Crippen molar-refractivity contribution in [1.82, 2.24) is 10.1 Å². The summed E-state index contributed by atoms with van der Waals surface area (Å²) in [5, 5.41) is 14.3. The van der Waals surface area contributed by atoms with Gasteiger partial charge in [-0.2, -0.15) is 4.98 Å². The number of hydrogen-bond donors (Lipinski definition) is 1. The summed E-state index contributed by atoms with van der Waals surface area (Å²) in [6.07, 6.45) is 4.71. The largest absolute Gasteiger partial charge is 0.392 e. The summed E-state index contributed by atoms with van der Waals surface area (Å²) in [5.74, 6) is 1.46. The molecule has 4 nitrogen and oxygen atoms in total. The van der Waals surface area contributed by atoms with Crippen molar-refractivity contribution in [3.8, 4) is 11.4 Å². The minimum atomic E-state index is -0.373. The highest BCUT2D eigenvalue weighted by molar-refractivity contribution is 9.10. The van der Waals surface area contributed by atoms with E-state index in [1.165, 1.54) is 18.4 Å². The van der Waals surface area contributed by atoms with Gasteiger partial charge in [-0.25, -0.2) is 0 Å². The molecular weight excluding hydrogens is 332 g/mol. The van der Waals surface area contributed by atoms with Gasteiger partial charge in [0, 0.05) is 10.0 Å². The molecule has 0 spiro atoms. The Morgan fingerprint density at radius 3 is 2.86 bits per heavy atom. The number of rotatable bonds is 4. The summed E-state index contributed by atoms with van der Waals surface area (Å²) >= 11 is 3.53. The predicted octanol–water partition coefficient (Wildman–Crippen LogP) is 3.90. The topological polar surface area (TPSA) is 59.2 Å². The molecule has 3 rings (SSSR count). The van der Waals surface area contributed by atoms with Crippen LogP contribution in [0.4, 0.5) is 0 Å². The summed E-state index contributed by atoms with van der Waals surface area (Å²) in [6.45, 7) is 2.04. The molecule has 1 saturated carbocycles. The van der Waals surface area contributed by atoms with Crippen molar-refractivity contribution in [2.45, 2.75) is 45.1 Å². The predicted molar refractivity (Wildman–Crippen MR) is 83.8 cm³/mol. The lowest BCUT2D eigenvalue weighted by atomic mass is 9.98. The first-order valence-corrected chi connectivity index (χ1v) is 8.20. The lowest BCUT2D eigenvalue weighted by Crippen LogP contribution is -2.20. The zero-order valence-corrected chi connectivity index (χ0v) is 13.6. The number of hydrogen-bond acceptors (Lipinski definition) is 4. The van der Waals surface area contributed by atoms with Crippen molar-refractivity contribution in [3.63, 3.8) is 0 Å². The number of nitrogens with zero attached hydrogens (tertiary/aromatic N) is 2. The minimum Gasteiger partial charge on any atom is -0.392 e. The fourth-order valence-corrected chi connectivity index (χ4v) is 3.61. The Balaban J connectivity index is 1.73. The standard InChI is InChI=1S/C16H19BrN2O2/c1-10-6-7-12(13(17)8-10)16-18-15(21-19-16)9-14(20)11-4-2-3-5-11/h6-8,11,14,20H,2-5,9H2,1H3. The molecule has 1 aromatic carbocycles. The van der Waals surface area contributed by atoms with Gasteiger partial charge in [0.05, 0.1) is 12.5 Å². The van der Waals surface area contributed by atoms with E-state index in [1.54, 1.807) is 0 Å². The first-order valence-electron chi connectivity index (χ1n) is 7.40. The lowest BCUT2D eigenvalue weighted by Gasteiger charge is -2.14. The fourth-order valence-electron chi connectivity index (χ4n) is 2.94. The molecule has 0 bridgehead atoms. The van der Waals surface area contributed by atoms with E-state index >= 15 is 0 Å². The molecule has 0 radical (unpaired) electrons. The van der Waals surface area contributed by atoms with Crippen LogP contribution in [0.15, 0.2) is 27.2 Å². The van der Waals surface area contributed by atoms with E-state index < -0.39 is 0 Å². The molecule has 1 heterocycles. The Morgan fingerprint density at radius 2 is 2.14 bits per heavy atom. The maximum Gasteiger partial charge on any atom is 0.229 e. The molecule has 1 aliphatic carbocycles. The van der Waals surface area contributed by atoms with Crippen molar-refractivity contribution in [2.75, 3.05) is 0 Å². The first-order chi connectivity index (χ1) is 10.1. The fraction of sp³-hybridized carbons (Fsp3) is 0.500. The van der Waals surface area contributed by atoms with Crippen LogP contribution >= 0.6 is 15.9 Å². The number of halogens is 1. The number of aromatic nitrogens is 2. The quantitative estimate of drug-likeness (QED) is 0.908. The Bertz CT molecular complexity index is 620. The maximum absolute atomic E-state index is 10.2. The molecule has 112 valence electrons.